The molecule has 4 nitrogen and oxygen atoms in total. The van der Waals surface area contributed by atoms with E-state index in [4.69, 9.17) is 4.74 Å². The van der Waals surface area contributed by atoms with Crippen LogP contribution in [-0.4, -0.2) is 18.7 Å². The Labute approximate surface area is 157 Å². The number of ether oxygens (including phenoxy) is 1. The number of hydrogen-bond donors (Lipinski definition) is 1. The molecule has 1 amide bonds. The summed E-state index contributed by atoms with van der Waals surface area (Å²) in [7, 11) is 0. The highest BCUT2D eigenvalue weighted by Gasteiger charge is 2.15. The summed E-state index contributed by atoms with van der Waals surface area (Å²) in [6, 6.07) is 13.7. The maximum atomic E-state index is 11.9. The molecule has 2 rings (SSSR count). The molecule has 0 heterocycles. The minimum Gasteiger partial charge on any atom is -0.483 e. The van der Waals surface area contributed by atoms with Gasteiger partial charge in [-0.3, -0.25) is 4.79 Å². The van der Waals surface area contributed by atoms with Gasteiger partial charge in [0.05, 0.1) is 6.21 Å². The fourth-order valence-corrected chi connectivity index (χ4v) is 2.64. The highest BCUT2D eigenvalue weighted by Crippen LogP contribution is 2.27. The van der Waals surface area contributed by atoms with Crippen molar-refractivity contribution in [3.05, 3.63) is 63.6 Å². The van der Waals surface area contributed by atoms with E-state index in [9.17, 15) is 4.79 Å². The van der Waals surface area contributed by atoms with E-state index in [0.717, 1.165) is 15.6 Å². The van der Waals surface area contributed by atoms with Crippen LogP contribution in [0, 0.1) is 6.92 Å². The molecule has 0 atom stereocenters. The number of rotatable bonds is 5. The molecule has 0 fully saturated rings. The predicted molar refractivity (Wildman–Crippen MR) is 105 cm³/mol. The lowest BCUT2D eigenvalue weighted by atomic mass is 9.86. The Bertz CT molecular complexity index is 780. The van der Waals surface area contributed by atoms with Crippen molar-refractivity contribution in [2.24, 2.45) is 5.10 Å². The predicted octanol–water partition coefficient (Wildman–Crippen LogP) is 4.58. The number of nitrogens with one attached hydrogen (secondary N) is 1. The lowest BCUT2D eigenvalue weighted by Gasteiger charge is -2.20. The molecule has 0 saturated carbocycles. The van der Waals surface area contributed by atoms with Gasteiger partial charge in [0, 0.05) is 4.47 Å². The zero-order valence-electron chi connectivity index (χ0n) is 15.0. The second kappa shape index (κ2) is 8.30. The highest BCUT2D eigenvalue weighted by atomic mass is 79.9. The molecule has 1 N–H and O–H groups in total. The number of hydrogen-bond acceptors (Lipinski definition) is 3. The molecule has 2 aromatic rings. The van der Waals surface area contributed by atoms with E-state index in [1.54, 1.807) is 6.21 Å². The summed E-state index contributed by atoms with van der Waals surface area (Å²) < 4.78 is 6.55. The largest absolute Gasteiger partial charge is 0.483 e. The lowest BCUT2D eigenvalue weighted by Crippen LogP contribution is -2.24. The Balaban J connectivity index is 1.88. The zero-order valence-corrected chi connectivity index (χ0v) is 16.6. The Morgan fingerprint density at radius 1 is 1.24 bits per heavy atom. The van der Waals surface area contributed by atoms with Crippen molar-refractivity contribution in [2.45, 2.75) is 33.1 Å². The van der Waals surface area contributed by atoms with Crippen LogP contribution in [0.4, 0.5) is 0 Å². The topological polar surface area (TPSA) is 50.7 Å². The van der Waals surface area contributed by atoms with E-state index < -0.39 is 0 Å². The number of carbonyl (C=O) groups is 1. The summed E-state index contributed by atoms with van der Waals surface area (Å²) >= 11 is 3.39. The van der Waals surface area contributed by atoms with Gasteiger partial charge >= 0.3 is 0 Å². The van der Waals surface area contributed by atoms with E-state index in [1.807, 2.05) is 43.3 Å². The fraction of sp³-hybridized carbons (Fsp3) is 0.300. The van der Waals surface area contributed by atoms with Crippen LogP contribution in [0.1, 0.15) is 37.5 Å². The van der Waals surface area contributed by atoms with Crippen LogP contribution < -0.4 is 10.2 Å². The molecule has 0 aliphatic rings. The molecule has 5 heteroatoms. The van der Waals surface area contributed by atoms with E-state index in [2.05, 4.69) is 53.3 Å². The van der Waals surface area contributed by atoms with Crippen LogP contribution in [0.3, 0.4) is 0 Å². The van der Waals surface area contributed by atoms with Crippen molar-refractivity contribution in [3.8, 4) is 5.75 Å². The van der Waals surface area contributed by atoms with Crippen LogP contribution in [0.2, 0.25) is 0 Å². The van der Waals surface area contributed by atoms with Crippen LogP contribution in [0.25, 0.3) is 0 Å². The molecule has 0 unspecified atom stereocenters. The number of aryl methyl sites for hydroxylation is 1. The number of amides is 1. The molecule has 2 aromatic carbocycles. The van der Waals surface area contributed by atoms with Crippen molar-refractivity contribution in [1.29, 1.82) is 0 Å². The number of nitrogens with zero attached hydrogens (tertiary/aromatic N) is 1. The molecular weight excluding hydrogens is 380 g/mol. The average molecular weight is 403 g/mol. The summed E-state index contributed by atoms with van der Waals surface area (Å²) in [5, 5.41) is 3.94. The molecular formula is C20H23BrN2O2. The van der Waals surface area contributed by atoms with Gasteiger partial charge in [-0.25, -0.2) is 5.43 Å². The second-order valence-electron chi connectivity index (χ2n) is 6.87. The van der Waals surface area contributed by atoms with Crippen LogP contribution >= 0.6 is 15.9 Å². The van der Waals surface area contributed by atoms with Gasteiger partial charge in [0.1, 0.15) is 5.75 Å². The first-order valence-corrected chi connectivity index (χ1v) is 8.86. The van der Waals surface area contributed by atoms with Gasteiger partial charge in [0.15, 0.2) is 6.61 Å². The van der Waals surface area contributed by atoms with E-state index in [1.165, 1.54) is 5.56 Å². The van der Waals surface area contributed by atoms with Crippen molar-refractivity contribution in [1.82, 2.24) is 5.43 Å². The Kier molecular flexibility index (Phi) is 6.37. The van der Waals surface area contributed by atoms with Gasteiger partial charge < -0.3 is 4.74 Å². The van der Waals surface area contributed by atoms with Crippen molar-refractivity contribution in [3.63, 3.8) is 0 Å². The molecule has 0 aliphatic heterocycles. The van der Waals surface area contributed by atoms with Crippen molar-refractivity contribution < 1.29 is 9.53 Å². The fourth-order valence-electron chi connectivity index (χ4n) is 2.22. The van der Waals surface area contributed by atoms with Gasteiger partial charge in [-0.15, -0.1) is 0 Å². The van der Waals surface area contributed by atoms with Crippen LogP contribution in [0.15, 0.2) is 52.0 Å². The summed E-state index contributed by atoms with van der Waals surface area (Å²) in [5.41, 5.74) is 5.69. The van der Waals surface area contributed by atoms with Crippen molar-refractivity contribution in [2.75, 3.05) is 6.61 Å². The molecule has 0 bridgehead atoms. The monoisotopic (exact) mass is 402 g/mol. The first kappa shape index (κ1) is 19.2. The summed E-state index contributed by atoms with van der Waals surface area (Å²) in [5.74, 6) is 0.407. The average Bonchev–Trinajstić information content (AvgIpc) is 2.53. The third-order valence-corrected chi connectivity index (χ3v) is 4.14. The lowest BCUT2D eigenvalue weighted by molar-refractivity contribution is -0.123. The molecule has 0 radical (unpaired) electrons. The summed E-state index contributed by atoms with van der Waals surface area (Å²) in [4.78, 5) is 11.9. The molecule has 132 valence electrons. The molecule has 0 spiro atoms. The SMILES string of the molecule is Cc1cc(C(C)(C)C)ccc1OCC(=O)N/N=C\c1cccc(Br)c1. The number of hydrazone groups is 1. The standard InChI is InChI=1S/C20H23BrN2O2/c1-14-10-16(20(2,3)4)8-9-18(14)25-13-19(24)23-22-12-15-6-5-7-17(21)11-15/h5-12H,13H2,1-4H3,(H,23,24)/b22-12-. The molecule has 0 aliphatic carbocycles. The van der Waals surface area contributed by atoms with E-state index in [-0.39, 0.29) is 17.9 Å². The first-order valence-electron chi connectivity index (χ1n) is 8.07. The van der Waals surface area contributed by atoms with Gasteiger partial charge in [0.25, 0.3) is 5.91 Å². The minimum absolute atomic E-state index is 0.0778. The molecule has 0 saturated heterocycles. The number of carbonyl (C=O) groups excluding carboxylic acids is 1. The third-order valence-electron chi connectivity index (χ3n) is 3.65. The number of benzene rings is 2. The smallest absolute Gasteiger partial charge is 0.277 e. The highest BCUT2D eigenvalue weighted by molar-refractivity contribution is 9.10. The Morgan fingerprint density at radius 3 is 2.64 bits per heavy atom. The van der Waals surface area contributed by atoms with E-state index in [0.29, 0.717) is 5.75 Å². The van der Waals surface area contributed by atoms with Gasteiger partial charge in [-0.05, 0) is 47.2 Å². The second-order valence-corrected chi connectivity index (χ2v) is 7.78. The van der Waals surface area contributed by atoms with Gasteiger partial charge in [0.2, 0.25) is 0 Å². The number of halogens is 1. The van der Waals surface area contributed by atoms with Crippen LogP contribution in [-0.2, 0) is 10.2 Å². The normalized spacial score (nSPS) is 11.6. The van der Waals surface area contributed by atoms with E-state index >= 15 is 0 Å². The van der Waals surface area contributed by atoms with Gasteiger partial charge in [-0.1, -0.05) is 61.0 Å². The van der Waals surface area contributed by atoms with Gasteiger partial charge in [-0.2, -0.15) is 5.10 Å². The zero-order chi connectivity index (χ0) is 18.4. The third kappa shape index (κ3) is 6.02. The Hall–Kier alpha value is -2.14. The quantitative estimate of drug-likeness (QED) is 0.587. The first-order chi connectivity index (χ1) is 11.8. The van der Waals surface area contributed by atoms with Crippen LogP contribution in [0.5, 0.6) is 5.75 Å². The Morgan fingerprint density at radius 2 is 2.00 bits per heavy atom. The summed E-state index contributed by atoms with van der Waals surface area (Å²) in [6.07, 6.45) is 1.59. The summed E-state index contributed by atoms with van der Waals surface area (Å²) in [6.45, 7) is 8.40. The minimum atomic E-state index is -0.300. The molecule has 25 heavy (non-hydrogen) atoms. The molecule has 0 aromatic heterocycles. The maximum absolute atomic E-state index is 11.9. The maximum Gasteiger partial charge on any atom is 0.277 e. The van der Waals surface area contributed by atoms with Crippen molar-refractivity contribution >= 4 is 28.1 Å².